The van der Waals surface area contributed by atoms with E-state index < -0.39 is 29.3 Å². The normalized spacial score (nSPS) is 6.00. The Morgan fingerprint density at radius 2 is 0.333 bits per heavy atom. The van der Waals surface area contributed by atoms with Gasteiger partial charge in [0.05, 0.1) is 0 Å². The van der Waals surface area contributed by atoms with Gasteiger partial charge in [0.15, 0.2) is 0 Å². The average Bonchev–Trinajstić information content (AvgIpc) is 1.76. The Balaban J connectivity index is -0.0000000257. The van der Waals surface area contributed by atoms with E-state index in [1.54, 1.807) is 0 Å². The maximum atomic E-state index is 7.17. The van der Waals surface area contributed by atoms with Gasteiger partial charge < -0.3 is 65.8 Å². The van der Waals surface area contributed by atoms with Gasteiger partial charge in [0, 0.05) is 0 Å². The molecule has 0 radical (unpaired) electrons. The Kier molecular flexibility index (Phi) is 63.0. The third kappa shape index (κ3) is 2460. The second-order valence-electron chi connectivity index (χ2n) is 1.39. The summed E-state index contributed by atoms with van der Waals surface area (Å²) in [5, 5.41) is 86.0. The fourth-order valence-corrected chi connectivity index (χ4v) is 0. The molecule has 0 bridgehead atoms. The van der Waals surface area contributed by atoms with Crippen LogP contribution in [0, 0.1) is 0 Å². The van der Waals surface area contributed by atoms with Crippen LogP contribution in [0.15, 0.2) is 0 Å². The maximum absolute atomic E-state index is 7.17. The first-order chi connectivity index (χ1) is 6.93. The molecule has 13 nitrogen and oxygen atoms in total. The van der Waals surface area contributed by atoms with Gasteiger partial charge in [-0.3, -0.25) is 0 Å². The Labute approximate surface area is 145 Å². The van der Waals surface area contributed by atoms with Crippen molar-refractivity contribution in [2.75, 3.05) is 0 Å². The summed E-state index contributed by atoms with van der Waals surface area (Å²) in [6, 6.07) is 0. The van der Waals surface area contributed by atoms with Crippen molar-refractivity contribution in [2.24, 2.45) is 0 Å². The van der Waals surface area contributed by atoms with Crippen molar-refractivity contribution in [3.05, 3.63) is 0 Å². The molecule has 0 amide bonds. The number of hydrogen-bond acceptors (Lipinski definition) is 12. The van der Waals surface area contributed by atoms with Crippen molar-refractivity contribution in [2.45, 2.75) is 0 Å². The van der Waals surface area contributed by atoms with Crippen LogP contribution in [-0.4, -0.2) is 146 Å². The first-order valence-corrected chi connectivity index (χ1v) is 3.10. The number of hydrogen-bond donors (Lipinski definition) is 12. The van der Waals surface area contributed by atoms with Crippen molar-refractivity contribution >= 4 is 80.7 Å². The van der Waals surface area contributed by atoms with E-state index in [-0.39, 0.29) is 56.9 Å². The van der Waals surface area contributed by atoms with E-state index >= 15 is 0 Å². The van der Waals surface area contributed by atoms with E-state index in [2.05, 4.69) is 0 Å². The standard InChI is InChI=1S/4BH3O3.K.H2O.H/c4*2-1(3)4;;;/h4*2-4H;;1H2;. The third-order valence-electron chi connectivity index (χ3n) is 0. The predicted molar refractivity (Wildman–Crippen MR) is 60.4 cm³/mol. The molecule has 0 rings (SSSR count). The molecule has 0 aliphatic carbocycles. The quantitative estimate of drug-likeness (QED) is 0.186. The molecule has 0 aromatic rings. The van der Waals surface area contributed by atoms with Crippen LogP contribution in [0.3, 0.4) is 0 Å². The molecular weight excluding hydrogens is 290 g/mol. The molecule has 0 aromatic heterocycles. The summed E-state index contributed by atoms with van der Waals surface area (Å²) in [5.41, 5.74) is 0. The second-order valence-corrected chi connectivity index (χ2v) is 1.39. The number of rotatable bonds is 0. The molecule has 14 N–H and O–H groups in total. The molecule has 0 aromatic carbocycles. The molecule has 0 saturated heterocycles. The summed E-state index contributed by atoms with van der Waals surface area (Å²) in [6.45, 7) is 0. The van der Waals surface area contributed by atoms with Crippen molar-refractivity contribution in [1.29, 1.82) is 0 Å². The molecule has 0 fully saturated rings. The average molecular weight is 305 g/mol. The van der Waals surface area contributed by atoms with Gasteiger partial charge in [-0.1, -0.05) is 0 Å². The van der Waals surface area contributed by atoms with Gasteiger partial charge in [-0.25, -0.2) is 0 Å². The predicted octanol–water partition coefficient (Wildman–Crippen LogP) is -9.68. The van der Waals surface area contributed by atoms with Crippen LogP contribution in [0.1, 0.15) is 0 Å². The molecular formula is H15B4KO13. The van der Waals surface area contributed by atoms with Gasteiger partial charge >= 0.3 is 80.7 Å². The van der Waals surface area contributed by atoms with E-state index in [0.29, 0.717) is 0 Å². The zero-order valence-electron chi connectivity index (χ0n) is 8.18. The Bertz CT molecular complexity index is 62.0. The van der Waals surface area contributed by atoms with Crippen molar-refractivity contribution in [1.82, 2.24) is 0 Å². The zero-order chi connectivity index (χ0) is 14.3. The molecule has 0 unspecified atom stereocenters. The fourth-order valence-electron chi connectivity index (χ4n) is 0. The van der Waals surface area contributed by atoms with E-state index in [1.807, 2.05) is 0 Å². The summed E-state index contributed by atoms with van der Waals surface area (Å²) in [4.78, 5) is 0. The first-order valence-electron chi connectivity index (χ1n) is 3.10. The Morgan fingerprint density at radius 1 is 0.333 bits per heavy atom. The molecule has 106 valence electrons. The zero-order valence-corrected chi connectivity index (χ0v) is 8.18. The van der Waals surface area contributed by atoms with E-state index in [0.717, 1.165) is 0 Å². The van der Waals surface area contributed by atoms with Crippen molar-refractivity contribution in [3.8, 4) is 0 Å². The summed E-state index contributed by atoms with van der Waals surface area (Å²) >= 11 is 0. The van der Waals surface area contributed by atoms with Crippen LogP contribution in [0.4, 0.5) is 0 Å². The van der Waals surface area contributed by atoms with Gasteiger partial charge in [0.25, 0.3) is 0 Å². The summed E-state index contributed by atoms with van der Waals surface area (Å²) in [5.74, 6) is 0. The minimum absolute atomic E-state index is 0. The topological polar surface area (TPSA) is 274 Å². The van der Waals surface area contributed by atoms with Gasteiger partial charge in [0.2, 0.25) is 0 Å². The first kappa shape index (κ1) is 36.6. The van der Waals surface area contributed by atoms with E-state index in [1.165, 1.54) is 0 Å². The third-order valence-corrected chi connectivity index (χ3v) is 0. The molecule has 0 spiro atoms. The van der Waals surface area contributed by atoms with Crippen molar-refractivity contribution in [3.63, 3.8) is 0 Å². The summed E-state index contributed by atoms with van der Waals surface area (Å²) < 4.78 is 0. The van der Waals surface area contributed by atoms with Crippen LogP contribution in [-0.2, 0) is 0 Å². The van der Waals surface area contributed by atoms with Crippen molar-refractivity contribution < 1.29 is 65.8 Å². The fraction of sp³-hybridized carbons (Fsp3) is 0. The van der Waals surface area contributed by atoms with E-state index in [4.69, 9.17) is 60.3 Å². The SMILES string of the molecule is O.OB(O)O.OB(O)O.OB(O)O.OB(O)O.[KH]. The van der Waals surface area contributed by atoms with E-state index in [9.17, 15) is 0 Å². The molecule has 18 heteroatoms. The van der Waals surface area contributed by atoms with Crippen LogP contribution < -0.4 is 0 Å². The molecule has 0 aliphatic rings. The molecule has 18 heavy (non-hydrogen) atoms. The van der Waals surface area contributed by atoms with Crippen LogP contribution >= 0.6 is 0 Å². The molecule has 0 atom stereocenters. The van der Waals surface area contributed by atoms with Gasteiger partial charge in [0.1, 0.15) is 0 Å². The van der Waals surface area contributed by atoms with Gasteiger partial charge in [-0.2, -0.15) is 0 Å². The monoisotopic (exact) mass is 306 g/mol. The Morgan fingerprint density at radius 3 is 0.333 bits per heavy atom. The minimum atomic E-state index is -2.17. The molecule has 0 saturated carbocycles. The van der Waals surface area contributed by atoms with Gasteiger partial charge in [-0.05, 0) is 0 Å². The second kappa shape index (κ2) is 31.0. The van der Waals surface area contributed by atoms with Gasteiger partial charge in [-0.15, -0.1) is 0 Å². The molecule has 0 heterocycles. The van der Waals surface area contributed by atoms with Crippen LogP contribution in [0.5, 0.6) is 0 Å². The van der Waals surface area contributed by atoms with Crippen LogP contribution in [0.25, 0.3) is 0 Å². The summed E-state index contributed by atoms with van der Waals surface area (Å²) in [7, 11) is -8.67. The van der Waals surface area contributed by atoms with Crippen LogP contribution in [0.2, 0.25) is 0 Å². The molecule has 0 aliphatic heterocycles. The summed E-state index contributed by atoms with van der Waals surface area (Å²) in [6.07, 6.45) is 0. The Hall–Kier alpha value is 1.38.